The summed E-state index contributed by atoms with van der Waals surface area (Å²) in [4.78, 5) is 32.7. The van der Waals surface area contributed by atoms with Crippen molar-refractivity contribution in [3.8, 4) is 0 Å². The number of nitro benzene ring substituents is 1. The van der Waals surface area contributed by atoms with Crippen LogP contribution in [0.25, 0.3) is 0 Å². The van der Waals surface area contributed by atoms with Crippen LogP contribution in [0.1, 0.15) is 26.3 Å². The summed E-state index contributed by atoms with van der Waals surface area (Å²) < 4.78 is 18.3. The van der Waals surface area contributed by atoms with Gasteiger partial charge in [0.05, 0.1) is 11.0 Å². The molecule has 0 aliphatic carbocycles. The summed E-state index contributed by atoms with van der Waals surface area (Å²) in [5.74, 6) is -2.24. The minimum Gasteiger partial charge on any atom is -0.480 e. The molecule has 0 bridgehead atoms. The minimum atomic E-state index is -1.41. The number of nitrogens with one attached hydrogen (secondary N) is 1. The van der Waals surface area contributed by atoms with Crippen LogP contribution in [0, 0.1) is 15.9 Å². The number of hydrogen-bond acceptors (Lipinski definition) is 5. The van der Waals surface area contributed by atoms with Crippen LogP contribution in [0.4, 0.5) is 14.9 Å². The first-order chi connectivity index (χ1) is 10.5. The third-order valence-electron chi connectivity index (χ3n) is 2.58. The van der Waals surface area contributed by atoms with Crippen molar-refractivity contribution >= 4 is 17.7 Å². The molecular formula is C14H17FN2O6. The maximum absolute atomic E-state index is 13.4. The molecule has 0 radical (unpaired) electrons. The quantitative estimate of drug-likeness (QED) is 0.632. The summed E-state index contributed by atoms with van der Waals surface area (Å²) in [6.45, 7) is 4.83. The summed E-state index contributed by atoms with van der Waals surface area (Å²) in [6, 6.07) is 1.34. The lowest BCUT2D eigenvalue weighted by molar-refractivity contribution is -0.385. The lowest BCUT2D eigenvalue weighted by Gasteiger charge is -2.22. The molecule has 0 fully saturated rings. The molecule has 23 heavy (non-hydrogen) atoms. The number of aliphatic carboxylic acids is 1. The molecule has 0 aromatic heterocycles. The molecule has 1 amide bonds. The second-order valence-electron chi connectivity index (χ2n) is 5.82. The zero-order valence-corrected chi connectivity index (χ0v) is 12.8. The van der Waals surface area contributed by atoms with Gasteiger partial charge in [0.1, 0.15) is 17.5 Å². The number of nitro groups is 1. The summed E-state index contributed by atoms with van der Waals surface area (Å²) >= 11 is 0. The van der Waals surface area contributed by atoms with Gasteiger partial charge in [0.2, 0.25) is 0 Å². The smallest absolute Gasteiger partial charge is 0.408 e. The Morgan fingerprint density at radius 1 is 1.39 bits per heavy atom. The first-order valence-electron chi connectivity index (χ1n) is 6.64. The molecule has 1 rings (SSSR count). The van der Waals surface area contributed by atoms with E-state index in [2.05, 4.69) is 5.32 Å². The van der Waals surface area contributed by atoms with Gasteiger partial charge in [-0.1, -0.05) is 0 Å². The molecule has 1 aromatic carbocycles. The fourth-order valence-corrected chi connectivity index (χ4v) is 1.74. The molecule has 0 aliphatic rings. The van der Waals surface area contributed by atoms with E-state index >= 15 is 0 Å². The van der Waals surface area contributed by atoms with Crippen LogP contribution in [0.3, 0.4) is 0 Å². The van der Waals surface area contributed by atoms with Crippen molar-refractivity contribution in [2.24, 2.45) is 0 Å². The molecule has 0 aliphatic heterocycles. The van der Waals surface area contributed by atoms with Crippen molar-refractivity contribution in [2.75, 3.05) is 0 Å². The van der Waals surface area contributed by atoms with E-state index in [4.69, 9.17) is 9.84 Å². The summed E-state index contributed by atoms with van der Waals surface area (Å²) in [7, 11) is 0. The number of alkyl carbamates (subject to hydrolysis) is 1. The van der Waals surface area contributed by atoms with Gasteiger partial charge in [-0.2, -0.15) is 0 Å². The highest BCUT2D eigenvalue weighted by atomic mass is 19.1. The number of carbonyl (C=O) groups excluding carboxylic acids is 1. The lowest BCUT2D eigenvalue weighted by atomic mass is 10.1. The Labute approximate surface area is 131 Å². The van der Waals surface area contributed by atoms with Crippen molar-refractivity contribution in [2.45, 2.75) is 38.8 Å². The summed E-state index contributed by atoms with van der Waals surface area (Å²) in [5.41, 5.74) is -1.24. The summed E-state index contributed by atoms with van der Waals surface area (Å²) in [5, 5.41) is 22.0. The molecule has 8 nitrogen and oxygen atoms in total. The van der Waals surface area contributed by atoms with Gasteiger partial charge < -0.3 is 15.2 Å². The Hall–Kier alpha value is -2.71. The average Bonchev–Trinajstić information content (AvgIpc) is 2.34. The highest BCUT2D eigenvalue weighted by Gasteiger charge is 2.25. The number of hydrogen-bond donors (Lipinski definition) is 2. The number of rotatable bonds is 5. The van der Waals surface area contributed by atoms with E-state index in [0.717, 1.165) is 18.2 Å². The lowest BCUT2D eigenvalue weighted by Crippen LogP contribution is -2.44. The van der Waals surface area contributed by atoms with Crippen LogP contribution in [-0.4, -0.2) is 33.7 Å². The van der Waals surface area contributed by atoms with Crippen LogP contribution < -0.4 is 5.32 Å². The maximum atomic E-state index is 13.4. The fourth-order valence-electron chi connectivity index (χ4n) is 1.74. The van der Waals surface area contributed by atoms with Crippen LogP contribution >= 0.6 is 0 Å². The molecule has 9 heteroatoms. The second-order valence-corrected chi connectivity index (χ2v) is 5.82. The molecule has 126 valence electrons. The van der Waals surface area contributed by atoms with E-state index in [0.29, 0.717) is 0 Å². The zero-order valence-electron chi connectivity index (χ0n) is 12.8. The highest BCUT2D eigenvalue weighted by molar-refractivity contribution is 5.80. The van der Waals surface area contributed by atoms with Gasteiger partial charge in [-0.25, -0.2) is 14.0 Å². The standard InChI is InChI=1S/C14H17FN2O6/c1-14(2,3)23-13(20)16-11(12(18)19)6-8-4-9(15)7-10(5-8)17(21)22/h4-5,7,11H,6H2,1-3H3,(H,16,20)(H,18,19). The number of non-ortho nitro benzene ring substituents is 1. The monoisotopic (exact) mass is 328 g/mol. The average molecular weight is 328 g/mol. The van der Waals surface area contributed by atoms with Gasteiger partial charge >= 0.3 is 12.1 Å². The molecule has 0 saturated heterocycles. The zero-order chi connectivity index (χ0) is 17.8. The van der Waals surface area contributed by atoms with Gasteiger partial charge in [-0.15, -0.1) is 0 Å². The third kappa shape index (κ3) is 6.29. The molecule has 2 N–H and O–H groups in total. The third-order valence-corrected chi connectivity index (χ3v) is 2.58. The van der Waals surface area contributed by atoms with Gasteiger partial charge in [0.15, 0.2) is 0 Å². The van der Waals surface area contributed by atoms with Gasteiger partial charge in [0.25, 0.3) is 5.69 Å². The normalized spacial score (nSPS) is 12.3. The highest BCUT2D eigenvalue weighted by Crippen LogP contribution is 2.18. The number of carboxylic acids is 1. The van der Waals surface area contributed by atoms with E-state index in [1.54, 1.807) is 20.8 Å². The largest absolute Gasteiger partial charge is 0.480 e. The Bertz CT molecular complexity index is 626. The SMILES string of the molecule is CC(C)(C)OC(=O)NC(Cc1cc(F)cc([N+](=O)[O-])c1)C(=O)O. The second kappa shape index (κ2) is 7.03. The first-order valence-corrected chi connectivity index (χ1v) is 6.64. The predicted molar refractivity (Wildman–Crippen MR) is 77.6 cm³/mol. The number of amides is 1. The Kier molecular flexibility index (Phi) is 5.61. The topological polar surface area (TPSA) is 119 Å². The number of benzene rings is 1. The molecule has 0 spiro atoms. The molecule has 1 atom stereocenters. The van der Waals surface area contributed by atoms with Crippen LogP contribution in [0.2, 0.25) is 0 Å². The van der Waals surface area contributed by atoms with E-state index in [-0.39, 0.29) is 12.0 Å². The van der Waals surface area contributed by atoms with Crippen LogP contribution in [-0.2, 0) is 16.0 Å². The Morgan fingerprint density at radius 2 is 2.00 bits per heavy atom. The van der Waals surface area contributed by atoms with E-state index in [1.807, 2.05) is 0 Å². The number of ether oxygens (including phenoxy) is 1. The number of carbonyl (C=O) groups is 2. The number of halogens is 1. The van der Waals surface area contributed by atoms with Crippen molar-refractivity contribution in [3.63, 3.8) is 0 Å². The van der Waals surface area contributed by atoms with Crippen molar-refractivity contribution < 1.29 is 28.7 Å². The van der Waals surface area contributed by atoms with Crippen molar-refractivity contribution in [1.29, 1.82) is 0 Å². The predicted octanol–water partition coefficient (Wildman–Crippen LogP) is 2.25. The molecular weight excluding hydrogens is 311 g/mol. The number of nitrogens with zero attached hydrogens (tertiary/aromatic N) is 1. The van der Waals surface area contributed by atoms with Crippen molar-refractivity contribution in [3.05, 3.63) is 39.7 Å². The Balaban J connectivity index is 2.90. The maximum Gasteiger partial charge on any atom is 0.408 e. The minimum absolute atomic E-state index is 0.0696. The number of carboxylic acid groups (broad SMARTS) is 1. The van der Waals surface area contributed by atoms with Crippen LogP contribution in [0.5, 0.6) is 0 Å². The molecule has 0 saturated carbocycles. The first kappa shape index (κ1) is 18.3. The van der Waals surface area contributed by atoms with Crippen molar-refractivity contribution in [1.82, 2.24) is 5.32 Å². The molecule has 0 heterocycles. The van der Waals surface area contributed by atoms with Crippen LogP contribution in [0.15, 0.2) is 18.2 Å². The fraction of sp³-hybridized carbons (Fsp3) is 0.429. The summed E-state index contributed by atoms with van der Waals surface area (Å²) in [6.07, 6.45) is -1.27. The van der Waals surface area contributed by atoms with Gasteiger partial charge in [-0.05, 0) is 32.4 Å². The Morgan fingerprint density at radius 3 is 2.48 bits per heavy atom. The van der Waals surface area contributed by atoms with E-state index in [9.17, 15) is 24.1 Å². The molecule has 1 aromatic rings. The van der Waals surface area contributed by atoms with Gasteiger partial charge in [0, 0.05) is 12.5 Å². The molecule has 1 unspecified atom stereocenters. The van der Waals surface area contributed by atoms with Gasteiger partial charge in [-0.3, -0.25) is 10.1 Å². The van der Waals surface area contributed by atoms with E-state index < -0.39 is 40.1 Å². The van der Waals surface area contributed by atoms with E-state index in [1.165, 1.54) is 0 Å².